The molecule has 2 atom stereocenters. The number of Topliss-reactive ketones (excluding diaryl/α,β-unsaturated/α-hetero) is 1. The zero-order valence-electron chi connectivity index (χ0n) is 22.1. The van der Waals surface area contributed by atoms with Crippen molar-refractivity contribution in [3.05, 3.63) is 17.8 Å². The molecule has 4 heterocycles. The van der Waals surface area contributed by atoms with E-state index in [9.17, 15) is 4.79 Å². The number of piperidine rings is 1. The number of aromatic nitrogens is 3. The molecule has 0 bridgehead atoms. The average Bonchev–Trinajstić information content (AvgIpc) is 3.17. The van der Waals surface area contributed by atoms with Gasteiger partial charge in [-0.25, -0.2) is 9.67 Å². The average molecular weight is 480 g/mol. The molecule has 0 amide bonds. The van der Waals surface area contributed by atoms with Crippen molar-refractivity contribution in [2.45, 2.75) is 96.4 Å². The van der Waals surface area contributed by atoms with Crippen molar-refractivity contribution in [1.29, 1.82) is 0 Å². The Morgan fingerprint density at radius 1 is 0.914 bits per heavy atom. The van der Waals surface area contributed by atoms with Crippen molar-refractivity contribution in [2.24, 2.45) is 18.9 Å². The normalized spacial score (nSPS) is 25.5. The van der Waals surface area contributed by atoms with Crippen molar-refractivity contribution in [1.82, 2.24) is 19.7 Å². The van der Waals surface area contributed by atoms with E-state index in [0.29, 0.717) is 24.1 Å². The van der Waals surface area contributed by atoms with Gasteiger partial charge in [-0.1, -0.05) is 38.5 Å². The van der Waals surface area contributed by atoms with Crippen LogP contribution in [0.25, 0.3) is 11.0 Å². The molecule has 192 valence electrons. The monoisotopic (exact) mass is 479 g/mol. The summed E-state index contributed by atoms with van der Waals surface area (Å²) >= 11 is 0. The minimum absolute atomic E-state index is 0.189. The molecule has 0 aromatic carbocycles. The van der Waals surface area contributed by atoms with Gasteiger partial charge < -0.3 is 9.80 Å². The van der Waals surface area contributed by atoms with Crippen molar-refractivity contribution in [3.63, 3.8) is 0 Å². The van der Waals surface area contributed by atoms with E-state index >= 15 is 0 Å². The topological polar surface area (TPSA) is 54.3 Å². The lowest BCUT2D eigenvalue weighted by Crippen LogP contribution is -2.43. The number of likely N-dealkylation sites (tertiary alicyclic amines) is 1. The Bertz CT molecular complexity index is 986. The summed E-state index contributed by atoms with van der Waals surface area (Å²) in [7, 11) is 1.93. The standard InChI is InChI=1S/C29H45N5O/c1-22-19-24(15-18-34(22)21-23-11-7-6-8-12-23)20-26(35)28-25-13-14-27(30-29(25)32(2)31-28)33-16-9-4-3-5-10-17-33/h13-14,22-24H,3-12,15-21H2,1-2H3. The Balaban J connectivity index is 1.22. The van der Waals surface area contributed by atoms with E-state index in [2.05, 4.69) is 34.0 Å². The van der Waals surface area contributed by atoms with Crippen molar-refractivity contribution in [2.75, 3.05) is 31.1 Å². The molecule has 6 nitrogen and oxygen atoms in total. The predicted molar refractivity (Wildman–Crippen MR) is 143 cm³/mol. The summed E-state index contributed by atoms with van der Waals surface area (Å²) in [6, 6.07) is 4.77. The third-order valence-corrected chi connectivity index (χ3v) is 8.93. The minimum atomic E-state index is 0.189. The summed E-state index contributed by atoms with van der Waals surface area (Å²) in [5.74, 6) is 2.57. The molecule has 1 aliphatic carbocycles. The van der Waals surface area contributed by atoms with Gasteiger partial charge in [-0.3, -0.25) is 4.79 Å². The van der Waals surface area contributed by atoms with E-state index in [4.69, 9.17) is 4.98 Å². The lowest BCUT2D eigenvalue weighted by molar-refractivity contribution is 0.0790. The highest BCUT2D eigenvalue weighted by molar-refractivity contribution is 6.05. The summed E-state index contributed by atoms with van der Waals surface area (Å²) in [5.41, 5.74) is 1.45. The van der Waals surface area contributed by atoms with E-state index in [1.165, 1.54) is 70.8 Å². The summed E-state index contributed by atoms with van der Waals surface area (Å²) in [4.78, 5) is 23.5. The number of rotatable bonds is 6. The third-order valence-electron chi connectivity index (χ3n) is 8.93. The van der Waals surface area contributed by atoms with Crippen LogP contribution in [0.2, 0.25) is 0 Å². The number of anilines is 1. The molecule has 1 saturated carbocycles. The first kappa shape index (κ1) is 24.7. The van der Waals surface area contributed by atoms with Gasteiger partial charge in [-0.2, -0.15) is 5.10 Å². The second-order valence-corrected chi connectivity index (χ2v) is 11.6. The fourth-order valence-corrected chi connectivity index (χ4v) is 6.81. The highest BCUT2D eigenvalue weighted by Crippen LogP contribution is 2.31. The van der Waals surface area contributed by atoms with Gasteiger partial charge in [-0.05, 0) is 76.0 Å². The second-order valence-electron chi connectivity index (χ2n) is 11.6. The van der Waals surface area contributed by atoms with Gasteiger partial charge >= 0.3 is 0 Å². The Morgan fingerprint density at radius 2 is 1.63 bits per heavy atom. The number of hydrogen-bond donors (Lipinski definition) is 0. The van der Waals surface area contributed by atoms with Crippen LogP contribution in [0.3, 0.4) is 0 Å². The smallest absolute Gasteiger partial charge is 0.184 e. The first-order chi connectivity index (χ1) is 17.1. The number of carbonyl (C=O) groups is 1. The molecule has 0 spiro atoms. The molecule has 0 N–H and O–H groups in total. The van der Waals surface area contributed by atoms with Crippen LogP contribution in [0.15, 0.2) is 12.1 Å². The summed E-state index contributed by atoms with van der Waals surface area (Å²) in [5, 5.41) is 5.57. The molecule has 3 aliphatic rings. The number of ketones is 1. The van der Waals surface area contributed by atoms with Crippen LogP contribution >= 0.6 is 0 Å². The number of fused-ring (bicyclic) bond motifs is 1. The molecule has 35 heavy (non-hydrogen) atoms. The quantitative estimate of drug-likeness (QED) is 0.476. The fourth-order valence-electron chi connectivity index (χ4n) is 6.81. The van der Waals surface area contributed by atoms with Gasteiger partial charge in [0.1, 0.15) is 11.5 Å². The Hall–Kier alpha value is -1.95. The summed E-state index contributed by atoms with van der Waals surface area (Å²) < 4.78 is 1.81. The van der Waals surface area contributed by atoms with Crippen molar-refractivity contribution >= 4 is 22.6 Å². The lowest BCUT2D eigenvalue weighted by atomic mass is 9.84. The molecule has 2 unspecified atom stereocenters. The summed E-state index contributed by atoms with van der Waals surface area (Å²) in [6.45, 7) is 6.91. The number of hydrogen-bond acceptors (Lipinski definition) is 5. The molecule has 3 fully saturated rings. The van der Waals surface area contributed by atoms with Crippen LogP contribution in [0, 0.1) is 11.8 Å². The van der Waals surface area contributed by atoms with Gasteiger partial charge in [-0.15, -0.1) is 0 Å². The molecule has 2 aromatic heterocycles. The van der Waals surface area contributed by atoms with Crippen LogP contribution in [-0.4, -0.2) is 57.7 Å². The molecule has 5 rings (SSSR count). The molecule has 2 aromatic rings. The Morgan fingerprint density at radius 3 is 2.37 bits per heavy atom. The first-order valence-corrected chi connectivity index (χ1v) is 14.4. The van der Waals surface area contributed by atoms with Crippen molar-refractivity contribution < 1.29 is 4.79 Å². The predicted octanol–water partition coefficient (Wildman–Crippen LogP) is 5.99. The molecule has 2 aliphatic heterocycles. The van der Waals surface area contributed by atoms with E-state index in [1.54, 1.807) is 0 Å². The third kappa shape index (κ3) is 5.90. The van der Waals surface area contributed by atoms with Crippen LogP contribution < -0.4 is 4.90 Å². The van der Waals surface area contributed by atoms with Crippen molar-refractivity contribution in [3.8, 4) is 0 Å². The molecule has 6 heteroatoms. The number of nitrogens with zero attached hydrogens (tertiary/aromatic N) is 5. The zero-order valence-corrected chi connectivity index (χ0v) is 22.1. The maximum absolute atomic E-state index is 13.4. The number of aryl methyl sites for hydroxylation is 1. The maximum Gasteiger partial charge on any atom is 0.184 e. The second kappa shape index (κ2) is 11.4. The zero-order chi connectivity index (χ0) is 24.2. The van der Waals surface area contributed by atoms with Crippen LogP contribution in [0.1, 0.15) is 101 Å². The molecule has 2 saturated heterocycles. The Labute approximate surface area is 211 Å². The minimum Gasteiger partial charge on any atom is -0.357 e. The first-order valence-electron chi connectivity index (χ1n) is 14.4. The van der Waals surface area contributed by atoms with Gasteiger partial charge in [0.05, 0.1) is 5.39 Å². The van der Waals surface area contributed by atoms with Gasteiger partial charge in [0.25, 0.3) is 0 Å². The van der Waals surface area contributed by atoms with E-state index in [1.807, 2.05) is 11.7 Å². The number of pyridine rings is 1. The molecule has 0 radical (unpaired) electrons. The highest BCUT2D eigenvalue weighted by Gasteiger charge is 2.30. The lowest BCUT2D eigenvalue weighted by Gasteiger charge is -2.40. The van der Waals surface area contributed by atoms with E-state index < -0.39 is 0 Å². The maximum atomic E-state index is 13.4. The Kier molecular flexibility index (Phi) is 8.06. The highest BCUT2D eigenvalue weighted by atomic mass is 16.1. The van der Waals surface area contributed by atoms with Gasteiger partial charge in [0, 0.05) is 39.1 Å². The van der Waals surface area contributed by atoms with Crippen LogP contribution in [-0.2, 0) is 7.05 Å². The summed E-state index contributed by atoms with van der Waals surface area (Å²) in [6.07, 6.45) is 16.4. The molecular formula is C29H45N5O. The van der Waals surface area contributed by atoms with Crippen LogP contribution in [0.5, 0.6) is 0 Å². The van der Waals surface area contributed by atoms with E-state index in [0.717, 1.165) is 55.2 Å². The van der Waals surface area contributed by atoms with Crippen LogP contribution in [0.4, 0.5) is 5.82 Å². The number of carbonyl (C=O) groups excluding carboxylic acids is 1. The van der Waals surface area contributed by atoms with E-state index in [-0.39, 0.29) is 5.78 Å². The molecular weight excluding hydrogens is 434 g/mol. The fraction of sp³-hybridized carbons (Fsp3) is 0.759. The van der Waals surface area contributed by atoms with Gasteiger partial charge in [0.15, 0.2) is 11.4 Å². The SMILES string of the molecule is CC1CC(CC(=O)c2nn(C)c3nc(N4CCCCCCC4)ccc23)CCN1CC1CCCCC1. The van der Waals surface area contributed by atoms with Gasteiger partial charge in [0.2, 0.25) is 0 Å². The largest absolute Gasteiger partial charge is 0.357 e.